The summed E-state index contributed by atoms with van der Waals surface area (Å²) in [5.74, 6) is 0.592. The van der Waals surface area contributed by atoms with Crippen molar-refractivity contribution < 1.29 is 14.4 Å². The van der Waals surface area contributed by atoms with Gasteiger partial charge in [0.15, 0.2) is 5.75 Å². The van der Waals surface area contributed by atoms with Crippen LogP contribution in [0.15, 0.2) is 18.7 Å². The summed E-state index contributed by atoms with van der Waals surface area (Å²) in [6.45, 7) is 3.52. The van der Waals surface area contributed by atoms with Crippen molar-refractivity contribution in [2.45, 2.75) is 0 Å². The van der Waals surface area contributed by atoms with Crippen LogP contribution in [-0.4, -0.2) is 11.7 Å². The first-order valence-corrected chi connectivity index (χ1v) is 3.93. The summed E-state index contributed by atoms with van der Waals surface area (Å²) in [6, 6.07) is 3.21. The van der Waals surface area contributed by atoms with Gasteiger partial charge in [-0.05, 0) is 12.1 Å². The molecule has 1 heterocycles. The molecular weight excluding hydrogens is 186 g/mol. The highest BCUT2D eigenvalue weighted by Gasteiger charge is 2.27. The lowest BCUT2D eigenvalue weighted by Crippen LogP contribution is -1.96. The van der Waals surface area contributed by atoms with Crippen molar-refractivity contribution in [1.29, 1.82) is 0 Å². The summed E-state index contributed by atoms with van der Waals surface area (Å²) < 4.78 is 10.0. The van der Waals surface area contributed by atoms with E-state index in [9.17, 15) is 10.1 Å². The van der Waals surface area contributed by atoms with E-state index in [2.05, 4.69) is 6.58 Å². The molecule has 0 radical (unpaired) electrons. The minimum atomic E-state index is -0.496. The van der Waals surface area contributed by atoms with Gasteiger partial charge in [0.05, 0.1) is 10.5 Å². The molecule has 0 bridgehead atoms. The van der Waals surface area contributed by atoms with Crippen LogP contribution in [0.5, 0.6) is 11.5 Å². The molecule has 0 aliphatic carbocycles. The Morgan fingerprint density at radius 3 is 2.93 bits per heavy atom. The topological polar surface area (TPSA) is 61.6 Å². The summed E-state index contributed by atoms with van der Waals surface area (Å²) in [6.07, 6.45) is 1.42. The highest BCUT2D eigenvalue weighted by atomic mass is 16.7. The molecule has 2 rings (SSSR count). The molecule has 0 atom stereocenters. The Bertz CT molecular complexity index is 414. The standard InChI is InChI=1S/C9H7NO4/c1-2-6-3-4-7-9(14-5-13-7)8(6)10(11)12/h2-4H,1,5H2. The zero-order chi connectivity index (χ0) is 10.1. The van der Waals surface area contributed by atoms with Crippen LogP contribution in [0.3, 0.4) is 0 Å². The number of rotatable bonds is 2. The largest absolute Gasteiger partial charge is 0.453 e. The Balaban J connectivity index is 2.68. The molecule has 0 amide bonds. The lowest BCUT2D eigenvalue weighted by molar-refractivity contribution is -0.385. The van der Waals surface area contributed by atoms with E-state index in [1.165, 1.54) is 6.08 Å². The maximum absolute atomic E-state index is 10.8. The van der Waals surface area contributed by atoms with Gasteiger partial charge in [-0.2, -0.15) is 0 Å². The van der Waals surface area contributed by atoms with Gasteiger partial charge in [-0.15, -0.1) is 0 Å². The summed E-state index contributed by atoms with van der Waals surface area (Å²) in [4.78, 5) is 10.3. The third-order valence-corrected chi connectivity index (χ3v) is 1.95. The Labute approximate surface area is 79.7 Å². The number of nitro benzene ring substituents is 1. The molecule has 0 aromatic heterocycles. The third-order valence-electron chi connectivity index (χ3n) is 1.95. The average Bonchev–Trinajstić information content (AvgIpc) is 2.62. The molecule has 1 aliphatic heterocycles. The predicted octanol–water partition coefficient (Wildman–Crippen LogP) is 1.97. The van der Waals surface area contributed by atoms with E-state index in [1.807, 2.05) is 0 Å². The molecule has 0 N–H and O–H groups in total. The second-order valence-electron chi connectivity index (χ2n) is 2.70. The minimum Gasteiger partial charge on any atom is -0.453 e. The fraction of sp³-hybridized carbons (Fsp3) is 0.111. The second kappa shape index (κ2) is 3.02. The van der Waals surface area contributed by atoms with Gasteiger partial charge in [0.1, 0.15) is 0 Å². The number of nitro groups is 1. The Morgan fingerprint density at radius 1 is 1.50 bits per heavy atom. The van der Waals surface area contributed by atoms with Gasteiger partial charge < -0.3 is 9.47 Å². The first kappa shape index (κ1) is 8.55. The number of benzene rings is 1. The summed E-state index contributed by atoms with van der Waals surface area (Å²) >= 11 is 0. The van der Waals surface area contributed by atoms with Crippen molar-refractivity contribution in [3.8, 4) is 11.5 Å². The monoisotopic (exact) mass is 193 g/mol. The smallest absolute Gasteiger partial charge is 0.322 e. The van der Waals surface area contributed by atoms with Crippen molar-refractivity contribution in [3.63, 3.8) is 0 Å². The van der Waals surface area contributed by atoms with E-state index in [1.54, 1.807) is 12.1 Å². The highest BCUT2D eigenvalue weighted by Crippen LogP contribution is 2.42. The van der Waals surface area contributed by atoms with E-state index < -0.39 is 4.92 Å². The first-order chi connectivity index (χ1) is 6.74. The van der Waals surface area contributed by atoms with Crippen LogP contribution >= 0.6 is 0 Å². The zero-order valence-corrected chi connectivity index (χ0v) is 7.23. The lowest BCUT2D eigenvalue weighted by atomic mass is 10.1. The molecule has 14 heavy (non-hydrogen) atoms. The molecule has 5 nitrogen and oxygen atoms in total. The maximum Gasteiger partial charge on any atom is 0.322 e. The molecule has 1 aliphatic rings. The normalized spacial score (nSPS) is 12.6. The summed E-state index contributed by atoms with van der Waals surface area (Å²) in [7, 11) is 0. The van der Waals surface area contributed by atoms with Crippen molar-refractivity contribution in [3.05, 3.63) is 34.4 Å². The fourth-order valence-electron chi connectivity index (χ4n) is 1.33. The molecule has 72 valence electrons. The van der Waals surface area contributed by atoms with Gasteiger partial charge >= 0.3 is 5.69 Å². The lowest BCUT2D eigenvalue weighted by Gasteiger charge is -2.00. The number of hydrogen-bond donors (Lipinski definition) is 0. The predicted molar refractivity (Wildman–Crippen MR) is 49.3 cm³/mol. The molecule has 0 saturated carbocycles. The highest BCUT2D eigenvalue weighted by molar-refractivity contribution is 5.70. The van der Waals surface area contributed by atoms with E-state index in [4.69, 9.17) is 9.47 Å². The number of ether oxygens (including phenoxy) is 2. The van der Waals surface area contributed by atoms with Crippen molar-refractivity contribution in [1.82, 2.24) is 0 Å². The second-order valence-corrected chi connectivity index (χ2v) is 2.70. The van der Waals surface area contributed by atoms with Gasteiger partial charge in [0.2, 0.25) is 12.5 Å². The van der Waals surface area contributed by atoms with E-state index in [0.29, 0.717) is 11.3 Å². The quantitative estimate of drug-likeness (QED) is 0.532. The van der Waals surface area contributed by atoms with Crippen LogP contribution in [0.4, 0.5) is 5.69 Å². The van der Waals surface area contributed by atoms with Gasteiger partial charge in [-0.1, -0.05) is 12.7 Å². The molecule has 0 unspecified atom stereocenters. The van der Waals surface area contributed by atoms with Gasteiger partial charge in [-0.3, -0.25) is 10.1 Å². The number of nitrogens with zero attached hydrogens (tertiary/aromatic N) is 1. The molecule has 0 spiro atoms. The fourth-order valence-corrected chi connectivity index (χ4v) is 1.33. The Morgan fingerprint density at radius 2 is 2.29 bits per heavy atom. The average molecular weight is 193 g/mol. The minimum absolute atomic E-state index is 0.0246. The molecule has 0 saturated heterocycles. The van der Waals surface area contributed by atoms with Crippen LogP contribution in [0, 0.1) is 10.1 Å². The van der Waals surface area contributed by atoms with Crippen molar-refractivity contribution in [2.24, 2.45) is 0 Å². The summed E-state index contributed by atoms with van der Waals surface area (Å²) in [5.41, 5.74) is 0.342. The van der Waals surface area contributed by atoms with Crippen LogP contribution in [0.1, 0.15) is 5.56 Å². The van der Waals surface area contributed by atoms with Crippen molar-refractivity contribution >= 4 is 11.8 Å². The summed E-state index contributed by atoms with van der Waals surface area (Å²) in [5, 5.41) is 10.8. The van der Waals surface area contributed by atoms with E-state index in [0.717, 1.165) is 0 Å². The number of fused-ring (bicyclic) bond motifs is 1. The number of hydrogen-bond acceptors (Lipinski definition) is 4. The van der Waals surface area contributed by atoms with Gasteiger partial charge in [-0.25, -0.2) is 0 Å². The van der Waals surface area contributed by atoms with Gasteiger partial charge in [0, 0.05) is 0 Å². The van der Waals surface area contributed by atoms with Gasteiger partial charge in [0.25, 0.3) is 0 Å². The molecule has 5 heteroatoms. The molecule has 1 aromatic rings. The van der Waals surface area contributed by atoms with Crippen LogP contribution in [-0.2, 0) is 0 Å². The first-order valence-electron chi connectivity index (χ1n) is 3.93. The van der Waals surface area contributed by atoms with E-state index in [-0.39, 0.29) is 18.2 Å². The van der Waals surface area contributed by atoms with Crippen LogP contribution < -0.4 is 9.47 Å². The van der Waals surface area contributed by atoms with E-state index >= 15 is 0 Å². The molecule has 1 aromatic carbocycles. The zero-order valence-electron chi connectivity index (χ0n) is 7.23. The SMILES string of the molecule is C=Cc1ccc2c(c1[N+](=O)[O-])OCO2. The molecular formula is C9H7NO4. The Hall–Kier alpha value is -2.04. The third kappa shape index (κ3) is 1.10. The van der Waals surface area contributed by atoms with Crippen LogP contribution in [0.25, 0.3) is 6.08 Å². The Kier molecular flexibility index (Phi) is 1.85. The van der Waals surface area contributed by atoms with Crippen LogP contribution in [0.2, 0.25) is 0 Å². The van der Waals surface area contributed by atoms with Crippen molar-refractivity contribution in [2.75, 3.05) is 6.79 Å². The maximum atomic E-state index is 10.8. The molecule has 0 fully saturated rings.